The topological polar surface area (TPSA) is 12.9 Å². The average Bonchev–Trinajstić information content (AvgIpc) is 2.66. The third-order valence-corrected chi connectivity index (χ3v) is 3.51. The molecule has 0 saturated heterocycles. The Morgan fingerprint density at radius 3 is 2.73 bits per heavy atom. The van der Waals surface area contributed by atoms with Crippen molar-refractivity contribution in [3.05, 3.63) is 41.2 Å². The molecule has 1 nitrogen and oxygen atoms in total. The summed E-state index contributed by atoms with van der Waals surface area (Å²) in [6, 6.07) is 6.55. The van der Waals surface area contributed by atoms with Gasteiger partial charge in [0.2, 0.25) is 0 Å². The first kappa shape index (κ1) is 10.3. The third-order valence-electron chi connectivity index (χ3n) is 2.16. The highest BCUT2D eigenvalue weighted by atomic mass is 32.1. The Bertz CT molecular complexity index is 462. The summed E-state index contributed by atoms with van der Waals surface area (Å²) in [5.74, 6) is 0.263. The van der Waals surface area contributed by atoms with Gasteiger partial charge in [-0.2, -0.15) is 0 Å². The van der Waals surface area contributed by atoms with Crippen LogP contribution < -0.4 is 0 Å². The standard InChI is InChI=1S/C12H12FNS/c1-8(2)11-7-14-12(15-11)9-4-3-5-10(13)6-9/h3-8H,1-2H3. The number of hydrogen-bond donors (Lipinski definition) is 0. The maximum absolute atomic E-state index is 13.0. The SMILES string of the molecule is CC(C)c1cnc(-c2cccc(F)c2)s1. The van der Waals surface area contributed by atoms with Crippen molar-refractivity contribution >= 4 is 11.3 Å². The van der Waals surface area contributed by atoms with Crippen LogP contribution in [0.1, 0.15) is 24.6 Å². The van der Waals surface area contributed by atoms with Crippen molar-refractivity contribution in [2.45, 2.75) is 19.8 Å². The quantitative estimate of drug-likeness (QED) is 0.744. The van der Waals surface area contributed by atoms with Crippen molar-refractivity contribution in [2.24, 2.45) is 0 Å². The molecular weight excluding hydrogens is 209 g/mol. The van der Waals surface area contributed by atoms with E-state index in [9.17, 15) is 4.39 Å². The molecule has 0 unspecified atom stereocenters. The van der Waals surface area contributed by atoms with E-state index in [1.165, 1.54) is 17.0 Å². The van der Waals surface area contributed by atoms with Crippen molar-refractivity contribution in [2.75, 3.05) is 0 Å². The summed E-state index contributed by atoms with van der Waals surface area (Å²) in [7, 11) is 0. The van der Waals surface area contributed by atoms with Crippen LogP contribution in [0.25, 0.3) is 10.6 Å². The Labute approximate surface area is 92.6 Å². The largest absolute Gasteiger partial charge is 0.244 e. The lowest BCUT2D eigenvalue weighted by Gasteiger charge is -1.97. The lowest BCUT2D eigenvalue weighted by Crippen LogP contribution is -1.77. The van der Waals surface area contributed by atoms with Gasteiger partial charge in [-0.25, -0.2) is 9.37 Å². The monoisotopic (exact) mass is 221 g/mol. The van der Waals surface area contributed by atoms with Gasteiger partial charge >= 0.3 is 0 Å². The Balaban J connectivity index is 2.37. The molecule has 0 atom stereocenters. The first-order valence-electron chi connectivity index (χ1n) is 4.88. The van der Waals surface area contributed by atoms with Gasteiger partial charge in [0, 0.05) is 16.6 Å². The Kier molecular flexibility index (Phi) is 2.82. The minimum absolute atomic E-state index is 0.214. The van der Waals surface area contributed by atoms with Gasteiger partial charge < -0.3 is 0 Å². The zero-order chi connectivity index (χ0) is 10.8. The van der Waals surface area contributed by atoms with Gasteiger partial charge in [0.15, 0.2) is 0 Å². The second-order valence-electron chi connectivity index (χ2n) is 3.73. The Morgan fingerprint density at radius 1 is 1.33 bits per heavy atom. The summed E-state index contributed by atoms with van der Waals surface area (Å²) in [5, 5.41) is 0.887. The lowest BCUT2D eigenvalue weighted by molar-refractivity contribution is 0.628. The predicted octanol–water partition coefficient (Wildman–Crippen LogP) is 4.07. The summed E-state index contributed by atoms with van der Waals surface area (Å²) in [6.45, 7) is 4.26. The molecule has 78 valence electrons. The molecule has 0 saturated carbocycles. The Hall–Kier alpha value is -1.22. The van der Waals surface area contributed by atoms with E-state index in [0.717, 1.165) is 10.6 Å². The molecule has 2 rings (SSSR count). The molecule has 1 aromatic carbocycles. The van der Waals surface area contributed by atoms with Gasteiger partial charge in [0.25, 0.3) is 0 Å². The van der Waals surface area contributed by atoms with E-state index >= 15 is 0 Å². The first-order chi connectivity index (χ1) is 7.16. The predicted molar refractivity (Wildman–Crippen MR) is 61.6 cm³/mol. The van der Waals surface area contributed by atoms with Crippen LogP contribution in [-0.4, -0.2) is 4.98 Å². The summed E-state index contributed by atoms with van der Waals surface area (Å²) in [4.78, 5) is 5.53. The van der Waals surface area contributed by atoms with Crippen molar-refractivity contribution in [3.63, 3.8) is 0 Å². The van der Waals surface area contributed by atoms with Crippen LogP contribution in [0.15, 0.2) is 30.5 Å². The summed E-state index contributed by atoms with van der Waals surface area (Å²) >= 11 is 1.62. The molecule has 2 aromatic rings. The number of thiazole rings is 1. The highest BCUT2D eigenvalue weighted by Crippen LogP contribution is 2.29. The van der Waals surface area contributed by atoms with E-state index in [2.05, 4.69) is 18.8 Å². The second-order valence-corrected chi connectivity index (χ2v) is 4.80. The molecule has 0 spiro atoms. The fourth-order valence-corrected chi connectivity index (χ4v) is 2.22. The number of nitrogens with zero attached hydrogens (tertiary/aromatic N) is 1. The van der Waals surface area contributed by atoms with Crippen LogP contribution in [0.5, 0.6) is 0 Å². The number of benzene rings is 1. The van der Waals surface area contributed by atoms with Crippen molar-refractivity contribution < 1.29 is 4.39 Å². The molecule has 0 aliphatic heterocycles. The number of rotatable bonds is 2. The van der Waals surface area contributed by atoms with Gasteiger partial charge in [-0.15, -0.1) is 11.3 Å². The van der Waals surface area contributed by atoms with Gasteiger partial charge in [0.05, 0.1) is 0 Å². The molecule has 0 amide bonds. The fraction of sp³-hybridized carbons (Fsp3) is 0.250. The molecule has 0 aliphatic carbocycles. The smallest absolute Gasteiger partial charge is 0.123 e. The molecule has 0 radical (unpaired) electrons. The van der Waals surface area contributed by atoms with Crippen molar-refractivity contribution in [1.82, 2.24) is 4.98 Å². The summed E-state index contributed by atoms with van der Waals surface area (Å²) in [5.41, 5.74) is 0.854. The molecule has 15 heavy (non-hydrogen) atoms. The number of halogens is 1. The minimum atomic E-state index is -0.214. The van der Waals surface area contributed by atoms with E-state index in [-0.39, 0.29) is 5.82 Å². The highest BCUT2D eigenvalue weighted by Gasteiger charge is 2.07. The molecule has 1 aromatic heterocycles. The molecule has 1 heterocycles. The van der Waals surface area contributed by atoms with Crippen LogP contribution in [0.4, 0.5) is 4.39 Å². The minimum Gasteiger partial charge on any atom is -0.244 e. The van der Waals surface area contributed by atoms with E-state index in [1.807, 2.05) is 12.3 Å². The average molecular weight is 221 g/mol. The fourth-order valence-electron chi connectivity index (χ4n) is 1.31. The van der Waals surface area contributed by atoms with Crippen molar-refractivity contribution in [1.29, 1.82) is 0 Å². The zero-order valence-electron chi connectivity index (χ0n) is 8.70. The van der Waals surface area contributed by atoms with Gasteiger partial charge in [-0.1, -0.05) is 26.0 Å². The highest BCUT2D eigenvalue weighted by molar-refractivity contribution is 7.15. The van der Waals surface area contributed by atoms with Gasteiger partial charge in [-0.05, 0) is 18.1 Å². The van der Waals surface area contributed by atoms with Gasteiger partial charge in [-0.3, -0.25) is 0 Å². The Morgan fingerprint density at radius 2 is 2.13 bits per heavy atom. The van der Waals surface area contributed by atoms with Crippen LogP contribution in [0.2, 0.25) is 0 Å². The van der Waals surface area contributed by atoms with Gasteiger partial charge in [0.1, 0.15) is 10.8 Å². The maximum Gasteiger partial charge on any atom is 0.123 e. The molecule has 3 heteroatoms. The van der Waals surface area contributed by atoms with E-state index < -0.39 is 0 Å². The van der Waals surface area contributed by atoms with Crippen LogP contribution in [0.3, 0.4) is 0 Å². The van der Waals surface area contributed by atoms with Crippen LogP contribution in [-0.2, 0) is 0 Å². The van der Waals surface area contributed by atoms with E-state index in [0.29, 0.717) is 5.92 Å². The summed E-state index contributed by atoms with van der Waals surface area (Å²) in [6.07, 6.45) is 1.87. The molecular formula is C12H12FNS. The number of hydrogen-bond acceptors (Lipinski definition) is 2. The second kappa shape index (κ2) is 4.11. The molecule has 0 fully saturated rings. The lowest BCUT2D eigenvalue weighted by atomic mass is 10.2. The zero-order valence-corrected chi connectivity index (χ0v) is 9.51. The molecule has 0 aliphatic rings. The van der Waals surface area contributed by atoms with E-state index in [1.54, 1.807) is 17.4 Å². The van der Waals surface area contributed by atoms with Crippen LogP contribution >= 0.6 is 11.3 Å². The normalized spacial score (nSPS) is 10.9. The summed E-state index contributed by atoms with van der Waals surface area (Å²) < 4.78 is 13.0. The molecule has 0 N–H and O–H groups in total. The molecule has 0 bridgehead atoms. The van der Waals surface area contributed by atoms with Crippen molar-refractivity contribution in [3.8, 4) is 10.6 Å². The first-order valence-corrected chi connectivity index (χ1v) is 5.70. The third kappa shape index (κ3) is 2.23. The van der Waals surface area contributed by atoms with Crippen LogP contribution in [0, 0.1) is 5.82 Å². The number of aromatic nitrogens is 1. The maximum atomic E-state index is 13.0. The van der Waals surface area contributed by atoms with E-state index in [4.69, 9.17) is 0 Å².